The Morgan fingerprint density at radius 3 is 1.81 bits per heavy atom. The van der Waals surface area contributed by atoms with Crippen LogP contribution in [0, 0.1) is 5.92 Å². The van der Waals surface area contributed by atoms with Crippen LogP contribution in [0.1, 0.15) is 85.5 Å². The molecule has 0 aliphatic heterocycles. The van der Waals surface area contributed by atoms with Crippen molar-refractivity contribution in [2.24, 2.45) is 5.92 Å². The normalized spacial score (nSPS) is 29.3. The average Bonchev–Trinajstić information content (AvgIpc) is 2.64. The van der Waals surface area contributed by atoms with E-state index in [1.54, 1.807) is 0 Å². The molecule has 0 bridgehead atoms. The summed E-state index contributed by atoms with van der Waals surface area (Å²) in [6.07, 6.45) is 13.0. The topological polar surface area (TPSA) is 55.8 Å². The molecule has 0 radical (unpaired) electrons. The van der Waals surface area contributed by atoms with Gasteiger partial charge < -0.3 is 4.89 Å². The van der Waals surface area contributed by atoms with E-state index >= 15 is 0 Å². The quantitative estimate of drug-likeness (QED) is 0.445. The van der Waals surface area contributed by atoms with E-state index < -0.39 is 15.1 Å². The Morgan fingerprint density at radius 1 is 0.885 bits per heavy atom. The van der Waals surface area contributed by atoms with Gasteiger partial charge in [-0.2, -0.15) is 0 Å². The van der Waals surface area contributed by atoms with Crippen molar-refractivity contribution in [2.45, 2.75) is 103 Å². The van der Waals surface area contributed by atoms with Gasteiger partial charge in [0.15, 0.2) is 0 Å². The zero-order valence-corrected chi connectivity index (χ0v) is 19.1. The molecule has 2 aliphatic rings. The first kappa shape index (κ1) is 22.8. The number of hydrogen-bond donors (Lipinski definition) is 1. The van der Waals surface area contributed by atoms with Gasteiger partial charge in [-0.3, -0.25) is 9.05 Å². The Hall–Kier alpha value is 0.540. The number of hydrogen-bond acceptors (Lipinski definition) is 3. The van der Waals surface area contributed by atoms with Crippen LogP contribution in [0.2, 0.25) is 0 Å². The summed E-state index contributed by atoms with van der Waals surface area (Å²) in [7, 11) is -4.77. The van der Waals surface area contributed by atoms with Crippen LogP contribution in [-0.2, 0) is 13.6 Å². The van der Waals surface area contributed by atoms with E-state index in [4.69, 9.17) is 9.05 Å². The molecule has 0 heterocycles. The summed E-state index contributed by atoms with van der Waals surface area (Å²) in [5.74, 6) is 0.750. The molecule has 2 atom stereocenters. The van der Waals surface area contributed by atoms with Crippen molar-refractivity contribution < 1.29 is 18.5 Å². The van der Waals surface area contributed by atoms with E-state index in [1.165, 1.54) is 24.9 Å². The highest BCUT2D eigenvalue weighted by atomic mass is 31.2. The van der Waals surface area contributed by atoms with E-state index in [-0.39, 0.29) is 12.2 Å². The van der Waals surface area contributed by atoms with E-state index in [0.717, 1.165) is 62.9 Å². The van der Waals surface area contributed by atoms with Gasteiger partial charge in [0.1, 0.15) is 0 Å². The molecule has 0 saturated heterocycles. The standard InChI is InChI=1S/C20H40O4P2/c1-5-25(6-2,7-3)17(4)18-13-15-20(16-14-18)24-26(21,22)23-19-11-9-8-10-12-19/h17-20H,5-16H2,1-4H3/p+1. The van der Waals surface area contributed by atoms with Crippen molar-refractivity contribution in [3.63, 3.8) is 0 Å². The van der Waals surface area contributed by atoms with Gasteiger partial charge in [0, 0.05) is 7.26 Å². The van der Waals surface area contributed by atoms with E-state index in [2.05, 4.69) is 27.7 Å². The molecule has 154 valence electrons. The predicted molar refractivity (Wildman–Crippen MR) is 113 cm³/mol. The van der Waals surface area contributed by atoms with Gasteiger partial charge in [0.25, 0.3) is 0 Å². The molecule has 0 aromatic heterocycles. The molecule has 0 aromatic carbocycles. The van der Waals surface area contributed by atoms with Gasteiger partial charge in [0.05, 0.1) is 36.4 Å². The van der Waals surface area contributed by atoms with Gasteiger partial charge in [-0.15, -0.1) is 0 Å². The lowest BCUT2D eigenvalue weighted by atomic mass is 9.85. The summed E-state index contributed by atoms with van der Waals surface area (Å²) < 4.78 is 23.4. The van der Waals surface area contributed by atoms with Crippen molar-refractivity contribution in [3.05, 3.63) is 0 Å². The number of phosphoric acid groups is 1. The highest BCUT2D eigenvalue weighted by molar-refractivity contribution is 7.76. The largest absolute Gasteiger partial charge is 0.472 e. The lowest BCUT2D eigenvalue weighted by molar-refractivity contribution is 0.0415. The van der Waals surface area contributed by atoms with Crippen LogP contribution in [0.3, 0.4) is 0 Å². The van der Waals surface area contributed by atoms with Crippen LogP contribution in [0.15, 0.2) is 0 Å². The molecule has 2 fully saturated rings. The predicted octanol–water partition coefficient (Wildman–Crippen LogP) is 6.48. The molecule has 0 spiro atoms. The van der Waals surface area contributed by atoms with Crippen LogP contribution in [0.25, 0.3) is 0 Å². The summed E-state index contributed by atoms with van der Waals surface area (Å²) in [5.41, 5.74) is 0.808. The summed E-state index contributed by atoms with van der Waals surface area (Å²) in [6.45, 7) is 9.59. The molecule has 2 unspecified atom stereocenters. The van der Waals surface area contributed by atoms with Crippen LogP contribution in [-0.4, -0.2) is 41.2 Å². The Balaban J connectivity index is 1.82. The molecular weight excluding hydrogens is 366 g/mol. The second-order valence-electron chi connectivity index (χ2n) is 8.38. The minimum atomic E-state index is -3.92. The summed E-state index contributed by atoms with van der Waals surface area (Å²) in [5, 5.41) is 0. The zero-order chi connectivity index (χ0) is 19.2. The summed E-state index contributed by atoms with van der Waals surface area (Å²) >= 11 is 0. The van der Waals surface area contributed by atoms with Gasteiger partial charge in [-0.05, 0) is 72.1 Å². The van der Waals surface area contributed by atoms with Crippen molar-refractivity contribution in [2.75, 3.05) is 18.5 Å². The maximum absolute atomic E-state index is 12.4. The lowest BCUT2D eigenvalue weighted by Crippen LogP contribution is -2.31. The highest BCUT2D eigenvalue weighted by Gasteiger charge is 2.44. The second-order valence-corrected chi connectivity index (χ2v) is 14.9. The Bertz CT molecular complexity index is 444. The van der Waals surface area contributed by atoms with Crippen molar-refractivity contribution in [1.82, 2.24) is 0 Å². The third kappa shape index (κ3) is 6.02. The lowest BCUT2D eigenvalue weighted by Gasteiger charge is -2.39. The van der Waals surface area contributed by atoms with E-state index in [9.17, 15) is 9.46 Å². The molecule has 2 aliphatic carbocycles. The Labute approximate surface area is 161 Å². The van der Waals surface area contributed by atoms with Crippen LogP contribution in [0.4, 0.5) is 0 Å². The molecule has 1 N–H and O–H groups in total. The van der Waals surface area contributed by atoms with Crippen LogP contribution >= 0.6 is 15.1 Å². The monoisotopic (exact) mass is 407 g/mol. The molecule has 0 amide bonds. The smallest absolute Gasteiger partial charge is 0.302 e. The van der Waals surface area contributed by atoms with Crippen LogP contribution < -0.4 is 0 Å². The van der Waals surface area contributed by atoms with Gasteiger partial charge in [-0.1, -0.05) is 19.3 Å². The van der Waals surface area contributed by atoms with Crippen molar-refractivity contribution >= 4 is 15.1 Å². The first-order valence-corrected chi connectivity index (χ1v) is 14.8. The third-order valence-corrected chi connectivity index (χ3v) is 14.3. The van der Waals surface area contributed by atoms with Crippen LogP contribution in [0.5, 0.6) is 0 Å². The van der Waals surface area contributed by atoms with Gasteiger partial charge in [0.2, 0.25) is 0 Å². The van der Waals surface area contributed by atoms with Gasteiger partial charge >= 0.3 is 7.82 Å². The van der Waals surface area contributed by atoms with Gasteiger partial charge in [-0.25, -0.2) is 4.57 Å². The second kappa shape index (κ2) is 10.4. The fourth-order valence-electron chi connectivity index (χ4n) is 5.23. The molecule has 4 nitrogen and oxygen atoms in total. The molecule has 2 rings (SSSR count). The highest BCUT2D eigenvalue weighted by Crippen LogP contribution is 2.65. The minimum Gasteiger partial charge on any atom is -0.302 e. The molecule has 0 aromatic rings. The molecule has 26 heavy (non-hydrogen) atoms. The maximum Gasteiger partial charge on any atom is 0.472 e. The molecule has 6 heteroatoms. The fourth-order valence-corrected chi connectivity index (χ4v) is 10.7. The maximum atomic E-state index is 12.4. The van der Waals surface area contributed by atoms with E-state index in [0.29, 0.717) is 0 Å². The minimum absolute atomic E-state index is 0.0972. The summed E-state index contributed by atoms with van der Waals surface area (Å²) in [4.78, 5) is 10.2. The summed E-state index contributed by atoms with van der Waals surface area (Å²) in [6, 6.07) is 0. The van der Waals surface area contributed by atoms with E-state index in [1.807, 2.05) is 0 Å². The van der Waals surface area contributed by atoms with Crippen molar-refractivity contribution in [3.8, 4) is 0 Å². The third-order valence-electron chi connectivity index (χ3n) is 7.27. The fraction of sp³-hybridized carbons (Fsp3) is 1.00. The first-order valence-electron chi connectivity index (χ1n) is 10.9. The zero-order valence-electron chi connectivity index (χ0n) is 17.4. The molecule has 2 saturated carbocycles. The molecular formula is C20H41O4P2+. The Kier molecular flexibility index (Phi) is 9.09. The SMILES string of the molecule is CC[P+](CC)(CC)C(C)C1CCC(OP(=O)(O)OC2CCCCC2)CC1. The average molecular weight is 407 g/mol. The van der Waals surface area contributed by atoms with Crippen molar-refractivity contribution in [1.29, 1.82) is 0 Å². The number of rotatable bonds is 9. The first-order chi connectivity index (χ1) is 12.4. The Morgan fingerprint density at radius 2 is 1.35 bits per heavy atom. The number of phosphoric ester groups is 1.